The molecule has 0 aliphatic heterocycles. The van der Waals surface area contributed by atoms with E-state index >= 15 is 0 Å². The molecule has 0 rings (SSSR count). The van der Waals surface area contributed by atoms with Crippen LogP contribution in [0.15, 0.2) is 0 Å². The zero-order chi connectivity index (χ0) is 71.2. The molecule has 0 aromatic carbocycles. The van der Waals surface area contributed by atoms with Crippen molar-refractivity contribution in [2.45, 2.75) is 432 Å². The Morgan fingerprint density at radius 1 is 0.289 bits per heavy atom. The van der Waals surface area contributed by atoms with E-state index in [0.717, 1.165) is 109 Å². The molecule has 19 heteroatoms. The van der Waals surface area contributed by atoms with Gasteiger partial charge < -0.3 is 33.8 Å². The Labute approximate surface area is 594 Å². The molecule has 0 aliphatic rings. The van der Waals surface area contributed by atoms with Crippen LogP contribution < -0.4 is 0 Å². The number of aliphatic hydroxyl groups excluding tert-OH is 1. The van der Waals surface area contributed by atoms with Crippen molar-refractivity contribution in [1.29, 1.82) is 0 Å². The first-order valence-electron chi connectivity index (χ1n) is 40.7. The Morgan fingerprint density at radius 2 is 0.495 bits per heavy atom. The van der Waals surface area contributed by atoms with Crippen molar-refractivity contribution >= 4 is 39.5 Å². The summed E-state index contributed by atoms with van der Waals surface area (Å²) in [5.41, 5.74) is 0. The Hall–Kier alpha value is -1.94. The predicted molar refractivity (Wildman–Crippen MR) is 395 cm³/mol. The molecule has 6 atom stereocenters. The number of unbranched alkanes of at least 4 members (excludes halogenated alkanes) is 49. The summed E-state index contributed by atoms with van der Waals surface area (Å²) >= 11 is 0. The van der Waals surface area contributed by atoms with Crippen molar-refractivity contribution in [2.75, 3.05) is 39.6 Å². The number of esters is 4. The molecule has 0 amide bonds. The van der Waals surface area contributed by atoms with Crippen molar-refractivity contribution in [3.05, 3.63) is 0 Å². The molecule has 17 nitrogen and oxygen atoms in total. The van der Waals surface area contributed by atoms with Gasteiger partial charge in [-0.15, -0.1) is 0 Å². The highest BCUT2D eigenvalue weighted by Crippen LogP contribution is 2.45. The number of hydrogen-bond acceptors (Lipinski definition) is 15. The lowest BCUT2D eigenvalue weighted by atomic mass is 9.99. The van der Waals surface area contributed by atoms with Gasteiger partial charge in [-0.1, -0.05) is 362 Å². The van der Waals surface area contributed by atoms with Crippen LogP contribution in [-0.2, 0) is 65.4 Å². The summed E-state index contributed by atoms with van der Waals surface area (Å²) in [7, 11) is -9.90. The summed E-state index contributed by atoms with van der Waals surface area (Å²) < 4.78 is 68.4. The molecule has 0 aromatic rings. The fourth-order valence-electron chi connectivity index (χ4n) is 12.0. The molecule has 0 aliphatic carbocycles. The van der Waals surface area contributed by atoms with E-state index in [0.29, 0.717) is 25.7 Å². The highest BCUT2D eigenvalue weighted by molar-refractivity contribution is 7.47. The van der Waals surface area contributed by atoms with Gasteiger partial charge in [-0.2, -0.15) is 0 Å². The number of hydrogen-bond donors (Lipinski definition) is 3. The third-order valence-corrected chi connectivity index (χ3v) is 20.5. The Balaban J connectivity index is 5.14. The van der Waals surface area contributed by atoms with E-state index in [9.17, 15) is 43.2 Å². The van der Waals surface area contributed by atoms with Gasteiger partial charge in [0.1, 0.15) is 19.3 Å². The van der Waals surface area contributed by atoms with Gasteiger partial charge in [-0.25, -0.2) is 9.13 Å². The fourth-order valence-corrected chi connectivity index (χ4v) is 13.6. The Morgan fingerprint density at radius 3 is 0.732 bits per heavy atom. The summed E-state index contributed by atoms with van der Waals surface area (Å²) in [6.45, 7) is 7.30. The number of aliphatic hydroxyl groups is 1. The molecule has 0 fully saturated rings. The zero-order valence-corrected chi connectivity index (χ0v) is 65.0. The maximum Gasteiger partial charge on any atom is 0.472 e. The van der Waals surface area contributed by atoms with Crippen LogP contribution in [0.3, 0.4) is 0 Å². The van der Waals surface area contributed by atoms with E-state index in [2.05, 4.69) is 34.6 Å². The minimum absolute atomic E-state index is 0.106. The van der Waals surface area contributed by atoms with E-state index in [1.165, 1.54) is 225 Å². The van der Waals surface area contributed by atoms with Crippen LogP contribution in [0.5, 0.6) is 0 Å². The number of phosphoric ester groups is 2. The molecule has 0 heterocycles. The molecule has 0 saturated carbocycles. The van der Waals surface area contributed by atoms with E-state index in [1.807, 2.05) is 0 Å². The molecule has 0 spiro atoms. The summed E-state index contributed by atoms with van der Waals surface area (Å²) in [6, 6.07) is 0. The average Bonchev–Trinajstić information content (AvgIpc) is 1.26. The molecular formula is C78H152O17P2. The summed E-state index contributed by atoms with van der Waals surface area (Å²) in [5.74, 6) is -1.27. The maximum absolute atomic E-state index is 13.1. The lowest BCUT2D eigenvalue weighted by Gasteiger charge is -2.21. The predicted octanol–water partition coefficient (Wildman–Crippen LogP) is 23.3. The molecule has 0 saturated heterocycles. The first-order chi connectivity index (χ1) is 47.1. The van der Waals surface area contributed by atoms with Gasteiger partial charge in [0.2, 0.25) is 0 Å². The van der Waals surface area contributed by atoms with E-state index in [-0.39, 0.29) is 25.7 Å². The standard InChI is InChI=1S/C78H152O17P2/c1-6-10-13-16-19-21-23-24-25-26-27-28-29-30-31-32-37-40-44-49-54-59-64-78(83)95-74(68-89-76(81)62-57-52-47-43-39-36-34-33-35-38-41-46-50-55-60-71(5)9-4)70-93-97(86,87)91-66-72(79)65-90-96(84,85)92-69-73(67-88-75(80)61-56-51-45-18-15-12-8-3)94-77(82)63-58-53-48-42-22-20-17-14-11-7-2/h71-74,79H,6-70H2,1-5H3,(H,84,85)(H,86,87)/t71?,72-,73+,74+/m0/s1. The highest BCUT2D eigenvalue weighted by atomic mass is 31.2. The quantitative estimate of drug-likeness (QED) is 0.0222. The van der Waals surface area contributed by atoms with Crippen molar-refractivity contribution < 1.29 is 80.2 Å². The van der Waals surface area contributed by atoms with Crippen LogP contribution in [0.1, 0.15) is 413 Å². The Kier molecular flexibility index (Phi) is 69.6. The second-order valence-corrected chi connectivity index (χ2v) is 31.3. The van der Waals surface area contributed by atoms with Crippen LogP contribution in [0.2, 0.25) is 0 Å². The monoisotopic (exact) mass is 1420 g/mol. The van der Waals surface area contributed by atoms with E-state index in [4.69, 9.17) is 37.0 Å². The van der Waals surface area contributed by atoms with Crippen LogP contribution in [0.25, 0.3) is 0 Å². The molecule has 0 aromatic heterocycles. The van der Waals surface area contributed by atoms with Crippen LogP contribution in [0.4, 0.5) is 0 Å². The summed E-state index contributed by atoms with van der Waals surface area (Å²) in [4.78, 5) is 72.7. The smallest absolute Gasteiger partial charge is 0.462 e. The number of phosphoric acid groups is 2. The molecule has 0 bridgehead atoms. The van der Waals surface area contributed by atoms with Gasteiger partial charge in [0.05, 0.1) is 26.4 Å². The topological polar surface area (TPSA) is 237 Å². The van der Waals surface area contributed by atoms with Gasteiger partial charge in [0.25, 0.3) is 0 Å². The van der Waals surface area contributed by atoms with E-state index < -0.39 is 97.5 Å². The largest absolute Gasteiger partial charge is 0.472 e. The normalized spacial score (nSPS) is 14.2. The van der Waals surface area contributed by atoms with Crippen LogP contribution >= 0.6 is 15.6 Å². The van der Waals surface area contributed by atoms with Crippen molar-refractivity contribution in [1.82, 2.24) is 0 Å². The zero-order valence-electron chi connectivity index (χ0n) is 63.2. The molecule has 3 N–H and O–H groups in total. The molecule has 3 unspecified atom stereocenters. The summed E-state index contributed by atoms with van der Waals surface area (Å²) in [5, 5.41) is 10.6. The minimum atomic E-state index is -4.96. The van der Waals surface area contributed by atoms with Gasteiger partial charge in [-0.3, -0.25) is 37.3 Å². The second kappa shape index (κ2) is 71.1. The first-order valence-corrected chi connectivity index (χ1v) is 43.7. The van der Waals surface area contributed by atoms with Gasteiger partial charge in [-0.05, 0) is 31.6 Å². The van der Waals surface area contributed by atoms with Gasteiger partial charge in [0.15, 0.2) is 12.2 Å². The third kappa shape index (κ3) is 70.9. The maximum atomic E-state index is 13.1. The van der Waals surface area contributed by atoms with E-state index in [1.54, 1.807) is 0 Å². The van der Waals surface area contributed by atoms with Gasteiger partial charge >= 0.3 is 39.5 Å². The van der Waals surface area contributed by atoms with Crippen LogP contribution in [0, 0.1) is 5.92 Å². The lowest BCUT2D eigenvalue weighted by molar-refractivity contribution is -0.161. The minimum Gasteiger partial charge on any atom is -0.462 e. The highest BCUT2D eigenvalue weighted by Gasteiger charge is 2.30. The second-order valence-electron chi connectivity index (χ2n) is 28.3. The Bertz CT molecular complexity index is 1860. The number of rotatable bonds is 78. The third-order valence-electron chi connectivity index (χ3n) is 18.6. The molecule has 576 valence electrons. The van der Waals surface area contributed by atoms with Crippen molar-refractivity contribution in [2.24, 2.45) is 5.92 Å². The van der Waals surface area contributed by atoms with Crippen LogP contribution in [-0.4, -0.2) is 96.7 Å². The van der Waals surface area contributed by atoms with Crippen molar-refractivity contribution in [3.8, 4) is 0 Å². The number of carbonyl (C=O) groups excluding carboxylic acids is 4. The lowest BCUT2D eigenvalue weighted by Crippen LogP contribution is -2.30. The average molecular weight is 1420 g/mol. The van der Waals surface area contributed by atoms with Gasteiger partial charge in [0, 0.05) is 25.7 Å². The summed E-state index contributed by atoms with van der Waals surface area (Å²) in [6.07, 6.45) is 61.3. The molecular weight excluding hydrogens is 1270 g/mol. The first kappa shape index (κ1) is 95.1. The SMILES string of the molecule is CCCCCCCCCCCCCCCCCCCCCCCCC(=O)O[C@H](COC(=O)CCCCCCCCCCCCCCCCC(C)CC)COP(=O)(O)OC[C@@H](O)COP(=O)(O)OC[C@@H](COC(=O)CCCCCCCCC)OC(=O)CCCCCCCCCCCC. The fraction of sp³-hybridized carbons (Fsp3) is 0.949. The molecule has 0 radical (unpaired) electrons. The number of carbonyl (C=O) groups is 4. The molecule has 97 heavy (non-hydrogen) atoms. The number of ether oxygens (including phenoxy) is 4. The van der Waals surface area contributed by atoms with Crippen molar-refractivity contribution in [3.63, 3.8) is 0 Å².